The van der Waals surface area contributed by atoms with Crippen LogP contribution in [0.25, 0.3) is 10.2 Å². The first-order valence-corrected chi connectivity index (χ1v) is 13.9. The Labute approximate surface area is 221 Å². The van der Waals surface area contributed by atoms with Crippen LogP contribution in [0.4, 0.5) is 9.93 Å². The number of hydrogen-bond acceptors (Lipinski definition) is 7. The summed E-state index contributed by atoms with van der Waals surface area (Å²) in [4.78, 5) is 34.7. The van der Waals surface area contributed by atoms with Gasteiger partial charge in [-0.15, -0.1) is 6.42 Å². The number of urea groups is 1. The molecule has 188 valence electrons. The van der Waals surface area contributed by atoms with E-state index in [0.717, 1.165) is 48.7 Å². The minimum atomic E-state index is -1.12. The summed E-state index contributed by atoms with van der Waals surface area (Å²) in [5.74, 6) is 2.34. The van der Waals surface area contributed by atoms with Crippen molar-refractivity contribution in [3.8, 4) is 12.3 Å². The summed E-state index contributed by atoms with van der Waals surface area (Å²) in [6.45, 7) is 5.19. The molecule has 1 saturated heterocycles. The molecule has 36 heavy (non-hydrogen) atoms. The molecule has 0 spiro atoms. The molecule has 0 bridgehead atoms. The van der Waals surface area contributed by atoms with E-state index < -0.39 is 22.7 Å². The number of amides is 3. The van der Waals surface area contributed by atoms with Crippen LogP contribution in [-0.4, -0.2) is 76.5 Å². The van der Waals surface area contributed by atoms with Crippen LogP contribution in [0.15, 0.2) is 41.3 Å². The second-order valence-electron chi connectivity index (χ2n) is 8.44. The molecule has 1 unspecified atom stereocenters. The molecule has 1 aliphatic heterocycles. The van der Waals surface area contributed by atoms with E-state index in [1.165, 1.54) is 23.5 Å². The van der Waals surface area contributed by atoms with E-state index in [0.29, 0.717) is 22.0 Å². The van der Waals surface area contributed by atoms with Gasteiger partial charge >= 0.3 is 6.03 Å². The monoisotopic (exact) mass is 543 g/mol. The van der Waals surface area contributed by atoms with Crippen molar-refractivity contribution >= 4 is 61.0 Å². The topological polar surface area (TPSA) is 94.6 Å². The maximum Gasteiger partial charge on any atom is 0.327 e. The third-order valence-corrected chi connectivity index (χ3v) is 8.55. The predicted octanol–water partition coefficient (Wildman–Crippen LogP) is 3.64. The third-order valence-electron chi connectivity index (χ3n) is 5.85. The van der Waals surface area contributed by atoms with E-state index in [1.54, 1.807) is 12.1 Å². The van der Waals surface area contributed by atoms with Crippen LogP contribution in [0.3, 0.4) is 0 Å². The van der Waals surface area contributed by atoms with Crippen LogP contribution >= 0.6 is 22.9 Å². The first-order valence-electron chi connectivity index (χ1n) is 11.4. The molecule has 2 N–H and O–H groups in total. The van der Waals surface area contributed by atoms with Crippen LogP contribution in [0.5, 0.6) is 0 Å². The van der Waals surface area contributed by atoms with Gasteiger partial charge in [-0.1, -0.05) is 28.9 Å². The summed E-state index contributed by atoms with van der Waals surface area (Å²) in [7, 11) is 1.02. The number of nitrogens with one attached hydrogen (secondary N) is 2. The molecular formula is C25H26ClN5O3S2. The zero-order valence-electron chi connectivity index (χ0n) is 19.8. The fourth-order valence-corrected chi connectivity index (χ4v) is 6.07. The molecule has 2 aromatic carbocycles. The van der Waals surface area contributed by atoms with Crippen molar-refractivity contribution in [2.75, 3.05) is 50.8 Å². The van der Waals surface area contributed by atoms with Crippen molar-refractivity contribution in [2.24, 2.45) is 0 Å². The van der Waals surface area contributed by atoms with E-state index in [4.69, 9.17) is 18.0 Å². The largest absolute Gasteiger partial charge is 0.327 e. The number of anilines is 1. The summed E-state index contributed by atoms with van der Waals surface area (Å²) in [5, 5.41) is 5.30. The van der Waals surface area contributed by atoms with Gasteiger partial charge in [0.2, 0.25) is 0 Å². The number of terminal acetylenes is 1. The lowest BCUT2D eigenvalue weighted by molar-refractivity contribution is 0.0967. The van der Waals surface area contributed by atoms with E-state index in [-0.39, 0.29) is 10.6 Å². The average molecular weight is 544 g/mol. The van der Waals surface area contributed by atoms with Gasteiger partial charge in [0, 0.05) is 42.4 Å². The fourth-order valence-electron chi connectivity index (χ4n) is 3.80. The summed E-state index contributed by atoms with van der Waals surface area (Å²) < 4.78 is 13.6. The summed E-state index contributed by atoms with van der Waals surface area (Å²) >= 11 is 7.30. The van der Waals surface area contributed by atoms with Crippen molar-refractivity contribution in [3.05, 3.63) is 52.5 Å². The van der Waals surface area contributed by atoms with Gasteiger partial charge in [0.05, 0.1) is 31.6 Å². The third kappa shape index (κ3) is 6.69. The van der Waals surface area contributed by atoms with Crippen molar-refractivity contribution < 1.29 is 13.8 Å². The second kappa shape index (κ2) is 12.0. The second-order valence-corrected chi connectivity index (χ2v) is 11.5. The predicted molar refractivity (Wildman–Crippen MR) is 145 cm³/mol. The quantitative estimate of drug-likeness (QED) is 0.442. The first kappa shape index (κ1) is 26.3. The van der Waals surface area contributed by atoms with Crippen molar-refractivity contribution in [2.45, 2.75) is 11.3 Å². The fraction of sp³-hybridized carbons (Fsp3) is 0.320. The highest BCUT2D eigenvalue weighted by molar-refractivity contribution is 7.85. The minimum Gasteiger partial charge on any atom is -0.304 e. The summed E-state index contributed by atoms with van der Waals surface area (Å²) in [6, 6.07) is 9.25. The molecule has 0 saturated carbocycles. The highest BCUT2D eigenvalue weighted by Gasteiger charge is 2.17. The van der Waals surface area contributed by atoms with Crippen LogP contribution in [-0.2, 0) is 10.8 Å². The Hall–Kier alpha value is -2.81. The molecule has 1 fully saturated rings. The van der Waals surface area contributed by atoms with Crippen LogP contribution in [0, 0.1) is 12.3 Å². The Morgan fingerprint density at radius 3 is 2.72 bits per heavy atom. The number of nitrogens with zero attached hydrogens (tertiary/aromatic N) is 3. The van der Waals surface area contributed by atoms with Gasteiger partial charge in [-0.05, 0) is 56.4 Å². The number of rotatable bonds is 7. The Balaban J connectivity index is 1.33. The number of fused-ring (bicyclic) bond motifs is 1. The number of benzene rings is 2. The van der Waals surface area contributed by atoms with E-state index >= 15 is 0 Å². The molecule has 1 atom stereocenters. The number of piperazine rings is 1. The lowest BCUT2D eigenvalue weighted by Gasteiger charge is -2.32. The van der Waals surface area contributed by atoms with E-state index in [1.807, 2.05) is 12.1 Å². The Bertz CT molecular complexity index is 1350. The number of carbonyl (C=O) groups excluding carboxylic acids is 2. The number of carbonyl (C=O) groups is 2. The number of imide groups is 1. The van der Waals surface area contributed by atoms with E-state index in [2.05, 4.69) is 38.4 Å². The average Bonchev–Trinajstić information content (AvgIpc) is 3.26. The molecule has 2 heterocycles. The lowest BCUT2D eigenvalue weighted by atomic mass is 10.1. The standard InChI is InChI=1S/C25H26ClN5O3S2/c1-3-17-5-7-20(26)19(15-17)23(32)28-24(33)29-25-27-21-8-6-18(16-22(21)35-25)36(34)14-4-9-31-12-10-30(2)11-13-31/h1,5-8,15-16H,4,9-14H2,2H3,(H2,27,28,29,32,33). The molecule has 8 nitrogen and oxygen atoms in total. The molecule has 3 aromatic rings. The smallest absolute Gasteiger partial charge is 0.304 e. The number of aromatic nitrogens is 1. The maximum atomic E-state index is 12.8. The number of halogens is 1. The van der Waals surface area contributed by atoms with Gasteiger partial charge < -0.3 is 9.80 Å². The minimum absolute atomic E-state index is 0.103. The van der Waals surface area contributed by atoms with Gasteiger partial charge in [-0.25, -0.2) is 9.78 Å². The van der Waals surface area contributed by atoms with Crippen LogP contribution in [0.1, 0.15) is 22.3 Å². The maximum absolute atomic E-state index is 12.8. The van der Waals surface area contributed by atoms with Crippen molar-refractivity contribution in [1.82, 2.24) is 20.1 Å². The normalized spacial score (nSPS) is 15.4. The van der Waals surface area contributed by atoms with Crippen molar-refractivity contribution in [3.63, 3.8) is 0 Å². The zero-order valence-corrected chi connectivity index (χ0v) is 22.1. The highest BCUT2D eigenvalue weighted by atomic mass is 35.5. The molecule has 11 heteroatoms. The number of thiazole rings is 1. The molecule has 1 aliphatic rings. The highest BCUT2D eigenvalue weighted by Crippen LogP contribution is 2.28. The van der Waals surface area contributed by atoms with Crippen LogP contribution < -0.4 is 10.6 Å². The van der Waals surface area contributed by atoms with Crippen LogP contribution in [0.2, 0.25) is 5.02 Å². The Morgan fingerprint density at radius 2 is 1.97 bits per heavy atom. The van der Waals surface area contributed by atoms with E-state index in [9.17, 15) is 13.8 Å². The summed E-state index contributed by atoms with van der Waals surface area (Å²) in [5.41, 5.74) is 1.25. The number of likely N-dealkylation sites (N-methyl/N-ethyl adjacent to an activating group) is 1. The SMILES string of the molecule is C#Cc1ccc(Cl)c(C(=O)NC(=O)Nc2nc3ccc(S(=O)CCCN4CCN(C)CC4)cc3s2)c1. The van der Waals surface area contributed by atoms with Gasteiger partial charge in [-0.2, -0.15) is 0 Å². The van der Waals surface area contributed by atoms with Gasteiger partial charge in [-0.3, -0.25) is 19.6 Å². The van der Waals surface area contributed by atoms with Gasteiger partial charge in [0.1, 0.15) is 0 Å². The van der Waals surface area contributed by atoms with Gasteiger partial charge in [0.15, 0.2) is 5.13 Å². The van der Waals surface area contributed by atoms with Gasteiger partial charge in [0.25, 0.3) is 5.91 Å². The first-order chi connectivity index (χ1) is 17.3. The molecule has 0 aliphatic carbocycles. The van der Waals surface area contributed by atoms with Crippen molar-refractivity contribution in [1.29, 1.82) is 0 Å². The molecule has 0 radical (unpaired) electrons. The zero-order chi connectivity index (χ0) is 25.7. The number of hydrogen-bond donors (Lipinski definition) is 2. The Kier molecular flexibility index (Phi) is 8.72. The molecule has 4 rings (SSSR count). The molecule has 3 amide bonds. The molecular weight excluding hydrogens is 518 g/mol. The molecule has 1 aromatic heterocycles. The summed E-state index contributed by atoms with van der Waals surface area (Å²) in [6.07, 6.45) is 6.23. The lowest BCUT2D eigenvalue weighted by Crippen LogP contribution is -2.44. The Morgan fingerprint density at radius 1 is 1.19 bits per heavy atom.